The zero-order chi connectivity index (χ0) is 13.5. The van der Waals surface area contributed by atoms with E-state index in [9.17, 15) is 0 Å². The highest BCUT2D eigenvalue weighted by Gasteiger charge is 2.19. The SMILES string of the molecule is Clc1nc(CN2CCc3ccccc32)nc2sccc12. The molecule has 2 aromatic heterocycles. The second-order valence-electron chi connectivity index (χ2n) is 4.87. The molecular weight excluding hydrogens is 290 g/mol. The minimum Gasteiger partial charge on any atom is -0.363 e. The molecule has 0 bridgehead atoms. The van der Waals surface area contributed by atoms with Gasteiger partial charge in [-0.3, -0.25) is 0 Å². The summed E-state index contributed by atoms with van der Waals surface area (Å²) in [5.74, 6) is 0.793. The largest absolute Gasteiger partial charge is 0.363 e. The smallest absolute Gasteiger partial charge is 0.151 e. The van der Waals surface area contributed by atoms with Gasteiger partial charge in [0.2, 0.25) is 0 Å². The third kappa shape index (κ3) is 1.96. The van der Waals surface area contributed by atoms with Gasteiger partial charge in [0.25, 0.3) is 0 Å². The number of para-hydroxylation sites is 1. The van der Waals surface area contributed by atoms with Crippen molar-refractivity contribution in [2.45, 2.75) is 13.0 Å². The Morgan fingerprint density at radius 2 is 2.10 bits per heavy atom. The van der Waals surface area contributed by atoms with Gasteiger partial charge >= 0.3 is 0 Å². The fourth-order valence-corrected chi connectivity index (χ4v) is 3.76. The summed E-state index contributed by atoms with van der Waals surface area (Å²) in [6.07, 6.45) is 1.09. The Morgan fingerprint density at radius 3 is 3.05 bits per heavy atom. The molecule has 0 N–H and O–H groups in total. The molecular formula is C15H12ClN3S. The summed E-state index contributed by atoms with van der Waals surface area (Å²) in [5.41, 5.74) is 2.69. The van der Waals surface area contributed by atoms with Gasteiger partial charge in [-0.05, 0) is 29.5 Å². The first-order valence-corrected chi connectivity index (χ1v) is 7.79. The molecule has 0 aliphatic carbocycles. The number of halogens is 1. The van der Waals surface area contributed by atoms with Crippen molar-refractivity contribution < 1.29 is 0 Å². The molecule has 0 spiro atoms. The zero-order valence-corrected chi connectivity index (χ0v) is 12.3. The van der Waals surface area contributed by atoms with E-state index in [1.807, 2.05) is 11.4 Å². The highest BCUT2D eigenvalue weighted by molar-refractivity contribution is 7.16. The van der Waals surface area contributed by atoms with E-state index in [1.54, 1.807) is 11.3 Å². The molecule has 0 saturated carbocycles. The van der Waals surface area contributed by atoms with Crippen LogP contribution in [0.25, 0.3) is 10.2 Å². The van der Waals surface area contributed by atoms with Crippen LogP contribution in [-0.4, -0.2) is 16.5 Å². The first-order valence-electron chi connectivity index (χ1n) is 6.54. The van der Waals surface area contributed by atoms with Crippen LogP contribution in [0.2, 0.25) is 5.15 Å². The van der Waals surface area contributed by atoms with Crippen molar-refractivity contribution in [1.82, 2.24) is 9.97 Å². The van der Waals surface area contributed by atoms with Crippen molar-refractivity contribution in [3.05, 3.63) is 52.3 Å². The molecule has 0 radical (unpaired) electrons. The van der Waals surface area contributed by atoms with E-state index in [0.717, 1.165) is 29.0 Å². The van der Waals surface area contributed by atoms with E-state index in [-0.39, 0.29) is 0 Å². The third-order valence-electron chi connectivity index (χ3n) is 3.64. The lowest BCUT2D eigenvalue weighted by molar-refractivity contribution is 0.792. The quantitative estimate of drug-likeness (QED) is 0.672. The minimum absolute atomic E-state index is 0.554. The van der Waals surface area contributed by atoms with Gasteiger partial charge in [0.15, 0.2) is 5.82 Å². The Labute approximate surface area is 125 Å². The molecule has 0 saturated heterocycles. The maximum Gasteiger partial charge on any atom is 0.151 e. The molecule has 4 rings (SSSR count). The third-order valence-corrected chi connectivity index (χ3v) is 4.74. The Kier molecular flexibility index (Phi) is 2.86. The summed E-state index contributed by atoms with van der Waals surface area (Å²) in [4.78, 5) is 12.3. The fraction of sp³-hybridized carbons (Fsp3) is 0.200. The molecule has 3 nitrogen and oxygen atoms in total. The lowest BCUT2D eigenvalue weighted by Gasteiger charge is -2.18. The maximum atomic E-state index is 6.23. The van der Waals surface area contributed by atoms with Crippen LogP contribution in [0.4, 0.5) is 5.69 Å². The monoisotopic (exact) mass is 301 g/mol. The van der Waals surface area contributed by atoms with Crippen LogP contribution in [-0.2, 0) is 13.0 Å². The molecule has 1 aromatic carbocycles. The van der Waals surface area contributed by atoms with E-state index in [0.29, 0.717) is 11.7 Å². The minimum atomic E-state index is 0.554. The van der Waals surface area contributed by atoms with Crippen LogP contribution in [0.15, 0.2) is 35.7 Å². The number of hydrogen-bond donors (Lipinski definition) is 0. The predicted octanol–water partition coefficient (Wildman–Crippen LogP) is 3.91. The lowest BCUT2D eigenvalue weighted by Crippen LogP contribution is -2.21. The first-order chi connectivity index (χ1) is 9.81. The number of fused-ring (bicyclic) bond motifs is 2. The molecule has 3 heterocycles. The van der Waals surface area contributed by atoms with E-state index in [1.165, 1.54) is 11.3 Å². The van der Waals surface area contributed by atoms with E-state index >= 15 is 0 Å². The van der Waals surface area contributed by atoms with Gasteiger partial charge in [0, 0.05) is 17.6 Å². The van der Waals surface area contributed by atoms with Gasteiger partial charge in [-0.15, -0.1) is 11.3 Å². The Balaban J connectivity index is 1.68. The van der Waals surface area contributed by atoms with Crippen molar-refractivity contribution >= 4 is 38.8 Å². The Hall–Kier alpha value is -1.65. The number of hydrogen-bond acceptors (Lipinski definition) is 4. The maximum absolute atomic E-state index is 6.23. The van der Waals surface area contributed by atoms with Crippen molar-refractivity contribution in [3.8, 4) is 0 Å². The van der Waals surface area contributed by atoms with Crippen molar-refractivity contribution in [1.29, 1.82) is 0 Å². The Bertz CT molecular complexity index is 784. The lowest BCUT2D eigenvalue weighted by atomic mass is 10.2. The molecule has 3 aromatic rings. The number of benzene rings is 1. The van der Waals surface area contributed by atoms with Crippen LogP contribution in [0, 0.1) is 0 Å². The summed E-state index contributed by atoms with van der Waals surface area (Å²) in [5, 5.41) is 3.50. The molecule has 100 valence electrons. The van der Waals surface area contributed by atoms with Crippen LogP contribution in [0.5, 0.6) is 0 Å². The zero-order valence-electron chi connectivity index (χ0n) is 10.7. The van der Waals surface area contributed by atoms with Gasteiger partial charge < -0.3 is 4.90 Å². The first kappa shape index (κ1) is 12.1. The van der Waals surface area contributed by atoms with Gasteiger partial charge in [-0.25, -0.2) is 9.97 Å². The summed E-state index contributed by atoms with van der Waals surface area (Å²) in [7, 11) is 0. The van der Waals surface area contributed by atoms with Crippen molar-refractivity contribution in [3.63, 3.8) is 0 Å². The van der Waals surface area contributed by atoms with E-state index in [4.69, 9.17) is 11.6 Å². The molecule has 20 heavy (non-hydrogen) atoms. The van der Waals surface area contributed by atoms with Crippen LogP contribution in [0.3, 0.4) is 0 Å². The highest BCUT2D eigenvalue weighted by Crippen LogP contribution is 2.30. The van der Waals surface area contributed by atoms with Crippen molar-refractivity contribution in [2.75, 3.05) is 11.4 Å². The van der Waals surface area contributed by atoms with Gasteiger partial charge in [0.1, 0.15) is 9.98 Å². The summed E-state index contributed by atoms with van der Waals surface area (Å²) in [6.45, 7) is 1.73. The van der Waals surface area contributed by atoms with Gasteiger partial charge in [0.05, 0.1) is 6.54 Å². The van der Waals surface area contributed by atoms with Crippen LogP contribution in [0.1, 0.15) is 11.4 Å². The summed E-state index contributed by atoms with van der Waals surface area (Å²) >= 11 is 7.83. The average molecular weight is 302 g/mol. The number of nitrogens with zero attached hydrogens (tertiary/aromatic N) is 3. The van der Waals surface area contributed by atoms with Crippen molar-refractivity contribution in [2.24, 2.45) is 0 Å². The van der Waals surface area contributed by atoms with Gasteiger partial charge in [-0.1, -0.05) is 29.8 Å². The normalized spacial score (nSPS) is 13.9. The fourth-order valence-electron chi connectivity index (χ4n) is 2.67. The predicted molar refractivity (Wildman–Crippen MR) is 83.6 cm³/mol. The molecule has 0 unspecified atom stereocenters. The number of aromatic nitrogens is 2. The molecule has 1 aliphatic rings. The topological polar surface area (TPSA) is 29.0 Å². The molecule has 0 atom stereocenters. The molecule has 0 amide bonds. The second kappa shape index (κ2) is 4.72. The summed E-state index contributed by atoms with van der Waals surface area (Å²) < 4.78 is 0. The van der Waals surface area contributed by atoms with Crippen LogP contribution >= 0.6 is 22.9 Å². The molecule has 5 heteroatoms. The highest BCUT2D eigenvalue weighted by atomic mass is 35.5. The van der Waals surface area contributed by atoms with E-state index < -0.39 is 0 Å². The number of rotatable bonds is 2. The number of anilines is 1. The molecule has 0 fully saturated rings. The average Bonchev–Trinajstić information content (AvgIpc) is 3.07. The number of thiophene rings is 1. The van der Waals surface area contributed by atoms with E-state index in [2.05, 4.69) is 39.1 Å². The molecule has 1 aliphatic heterocycles. The van der Waals surface area contributed by atoms with Crippen LogP contribution < -0.4 is 4.90 Å². The standard InChI is InChI=1S/C15H12ClN3S/c16-14-11-6-8-20-15(11)18-13(17-14)9-19-7-5-10-3-1-2-4-12(10)19/h1-4,6,8H,5,7,9H2. The summed E-state index contributed by atoms with van der Waals surface area (Å²) in [6, 6.07) is 10.5. The Morgan fingerprint density at radius 1 is 1.20 bits per heavy atom. The second-order valence-corrected chi connectivity index (χ2v) is 6.12. The van der Waals surface area contributed by atoms with Gasteiger partial charge in [-0.2, -0.15) is 0 Å².